The first-order chi connectivity index (χ1) is 13.3. The number of carbonyl (C=O) groups excluding carboxylic acids is 1. The molecular weight excluding hydrogens is 392 g/mol. The van der Waals surface area contributed by atoms with Crippen LogP contribution in [-0.2, 0) is 16.8 Å². The Bertz CT molecular complexity index is 1040. The number of hydrogen-bond acceptors (Lipinski definition) is 5. The highest BCUT2D eigenvalue weighted by molar-refractivity contribution is 6.31. The molecule has 2 heterocycles. The molecule has 0 radical (unpaired) electrons. The van der Waals surface area contributed by atoms with Gasteiger partial charge in [-0.05, 0) is 43.0 Å². The van der Waals surface area contributed by atoms with Crippen LogP contribution in [0.4, 0.5) is 8.78 Å². The third-order valence-corrected chi connectivity index (χ3v) is 5.18. The van der Waals surface area contributed by atoms with Crippen molar-refractivity contribution in [1.82, 2.24) is 19.9 Å². The van der Waals surface area contributed by atoms with Crippen LogP contribution in [0.15, 0.2) is 28.8 Å². The van der Waals surface area contributed by atoms with Gasteiger partial charge in [0, 0.05) is 5.02 Å². The van der Waals surface area contributed by atoms with E-state index in [9.17, 15) is 13.6 Å². The minimum atomic E-state index is -2.83. The molecule has 0 atom stereocenters. The van der Waals surface area contributed by atoms with E-state index in [1.807, 2.05) is 25.1 Å². The summed E-state index contributed by atoms with van der Waals surface area (Å²) in [4.78, 5) is 15.5. The van der Waals surface area contributed by atoms with Crippen molar-refractivity contribution < 1.29 is 18.1 Å². The summed E-state index contributed by atoms with van der Waals surface area (Å²) in [5.74, 6) is -0.355. The van der Waals surface area contributed by atoms with E-state index in [2.05, 4.69) is 15.2 Å². The molecule has 0 bridgehead atoms. The molecule has 10 heteroatoms. The van der Waals surface area contributed by atoms with Gasteiger partial charge in [0.2, 0.25) is 5.91 Å². The van der Waals surface area contributed by atoms with Crippen molar-refractivity contribution in [1.29, 1.82) is 0 Å². The summed E-state index contributed by atoms with van der Waals surface area (Å²) in [5, 5.41) is 8.66. The number of amides is 1. The summed E-state index contributed by atoms with van der Waals surface area (Å²) >= 11 is 6.41. The van der Waals surface area contributed by atoms with E-state index in [-0.39, 0.29) is 11.6 Å². The molecule has 3 aromatic rings. The van der Waals surface area contributed by atoms with E-state index in [4.69, 9.17) is 21.9 Å². The fourth-order valence-electron chi connectivity index (χ4n) is 3.46. The number of halogens is 3. The predicted octanol–water partition coefficient (Wildman–Crippen LogP) is 3.40. The van der Waals surface area contributed by atoms with Crippen LogP contribution in [0.2, 0.25) is 5.02 Å². The average molecular weight is 408 g/mol. The van der Waals surface area contributed by atoms with Gasteiger partial charge in [-0.3, -0.25) is 9.48 Å². The number of alkyl halides is 2. The maximum Gasteiger partial charge on any atom is 0.280 e. The van der Waals surface area contributed by atoms with Crippen LogP contribution in [0.3, 0.4) is 0 Å². The quantitative estimate of drug-likeness (QED) is 0.675. The van der Waals surface area contributed by atoms with Crippen LogP contribution >= 0.6 is 11.6 Å². The molecule has 28 heavy (non-hydrogen) atoms. The van der Waals surface area contributed by atoms with Crippen LogP contribution < -0.4 is 5.73 Å². The Kier molecular flexibility index (Phi) is 4.41. The maximum absolute atomic E-state index is 13.2. The molecule has 1 saturated carbocycles. The topological polar surface area (TPSA) is 99.8 Å². The number of hydrogen-bond donors (Lipinski definition) is 1. The van der Waals surface area contributed by atoms with Gasteiger partial charge in [0.15, 0.2) is 11.5 Å². The molecule has 0 saturated heterocycles. The number of aromatic nitrogens is 4. The summed E-state index contributed by atoms with van der Waals surface area (Å²) in [6.07, 6.45) is -1.23. The highest BCUT2D eigenvalue weighted by Gasteiger charge is 2.52. The normalized spacial score (nSPS) is 15.2. The van der Waals surface area contributed by atoms with Crippen LogP contribution in [0, 0.1) is 6.92 Å². The van der Waals surface area contributed by atoms with Crippen LogP contribution in [0.5, 0.6) is 0 Å². The summed E-state index contributed by atoms with van der Waals surface area (Å²) in [5.41, 5.74) is 6.21. The van der Waals surface area contributed by atoms with E-state index < -0.39 is 30.0 Å². The van der Waals surface area contributed by atoms with Crippen molar-refractivity contribution in [2.45, 2.75) is 38.2 Å². The van der Waals surface area contributed by atoms with Crippen LogP contribution in [-0.4, -0.2) is 25.8 Å². The lowest BCUT2D eigenvalue weighted by Crippen LogP contribution is -2.21. The second kappa shape index (κ2) is 6.66. The molecule has 7 nitrogen and oxygen atoms in total. The van der Waals surface area contributed by atoms with Gasteiger partial charge < -0.3 is 10.3 Å². The van der Waals surface area contributed by atoms with Crippen LogP contribution in [0.1, 0.15) is 41.9 Å². The van der Waals surface area contributed by atoms with Gasteiger partial charge in [0.1, 0.15) is 12.2 Å². The van der Waals surface area contributed by atoms with Gasteiger partial charge in [-0.25, -0.2) is 8.78 Å². The lowest BCUT2D eigenvalue weighted by atomic mass is 9.91. The lowest BCUT2D eigenvalue weighted by Gasteiger charge is -2.16. The molecular formula is C18H16ClF2N5O2. The largest absolute Gasteiger partial charge is 0.368 e. The van der Waals surface area contributed by atoms with Crippen molar-refractivity contribution in [2.24, 2.45) is 5.73 Å². The van der Waals surface area contributed by atoms with Gasteiger partial charge in [-0.1, -0.05) is 28.9 Å². The molecule has 1 aliphatic carbocycles. The molecule has 2 aromatic heterocycles. The minimum absolute atomic E-state index is 0.00361. The number of benzene rings is 1. The first-order valence-electron chi connectivity index (χ1n) is 8.56. The number of nitrogens with two attached hydrogens (primary N) is 1. The Morgan fingerprint density at radius 1 is 1.43 bits per heavy atom. The average Bonchev–Trinajstić information content (AvgIpc) is 3.06. The monoisotopic (exact) mass is 407 g/mol. The zero-order valence-corrected chi connectivity index (χ0v) is 15.6. The molecule has 1 fully saturated rings. The summed E-state index contributed by atoms with van der Waals surface area (Å²) < 4.78 is 32.6. The molecule has 0 aliphatic heterocycles. The molecule has 4 rings (SSSR count). The zero-order chi connectivity index (χ0) is 20.1. The fraction of sp³-hybridized carbons (Fsp3) is 0.333. The number of primary amides is 1. The van der Waals surface area contributed by atoms with Gasteiger partial charge in [0.05, 0.1) is 5.41 Å². The third-order valence-electron chi connectivity index (χ3n) is 4.86. The number of aryl methyl sites for hydroxylation is 1. The maximum atomic E-state index is 13.2. The number of carbonyl (C=O) groups is 1. The van der Waals surface area contributed by atoms with Crippen molar-refractivity contribution in [3.63, 3.8) is 0 Å². The number of rotatable bonds is 6. The highest BCUT2D eigenvalue weighted by Crippen LogP contribution is 2.55. The zero-order valence-electron chi connectivity index (χ0n) is 14.8. The van der Waals surface area contributed by atoms with Gasteiger partial charge in [0.25, 0.3) is 12.3 Å². The van der Waals surface area contributed by atoms with Gasteiger partial charge in [-0.2, -0.15) is 10.1 Å². The molecule has 2 N–H and O–H groups in total. The van der Waals surface area contributed by atoms with Crippen molar-refractivity contribution in [3.8, 4) is 11.6 Å². The van der Waals surface area contributed by atoms with Crippen molar-refractivity contribution >= 4 is 17.5 Å². The standard InChI is InChI=1S/C18H16ClF2N5O2/c1-9-3-2-4-10(19)14(9)18(5-6-18)17-23-16(28-25-17)11-7-12(15(20)21)26(24-11)8-13(22)27/h2-4,7,15H,5-6,8H2,1H3,(H2,22,27). The predicted molar refractivity (Wildman–Crippen MR) is 95.9 cm³/mol. The highest BCUT2D eigenvalue weighted by atomic mass is 35.5. The molecule has 1 aliphatic rings. The van der Waals surface area contributed by atoms with E-state index in [0.29, 0.717) is 10.8 Å². The van der Waals surface area contributed by atoms with Crippen molar-refractivity contribution in [3.05, 3.63) is 51.9 Å². The molecule has 0 spiro atoms. The Hall–Kier alpha value is -2.81. The van der Waals surface area contributed by atoms with E-state index in [0.717, 1.165) is 34.7 Å². The molecule has 0 unspecified atom stereocenters. The smallest absolute Gasteiger partial charge is 0.280 e. The molecule has 1 amide bonds. The Morgan fingerprint density at radius 2 is 2.18 bits per heavy atom. The van der Waals surface area contributed by atoms with Gasteiger partial charge >= 0.3 is 0 Å². The Labute approximate surface area is 163 Å². The SMILES string of the molecule is Cc1cccc(Cl)c1C1(c2noc(-c3cc(C(F)F)n(CC(N)=O)n3)n2)CC1. The van der Waals surface area contributed by atoms with E-state index in [1.165, 1.54) is 0 Å². The van der Waals surface area contributed by atoms with E-state index in [1.54, 1.807) is 0 Å². The van der Waals surface area contributed by atoms with Crippen LogP contribution in [0.25, 0.3) is 11.6 Å². The first kappa shape index (κ1) is 18.5. The molecule has 1 aromatic carbocycles. The first-order valence-corrected chi connectivity index (χ1v) is 8.94. The Morgan fingerprint density at radius 3 is 2.79 bits per heavy atom. The third kappa shape index (κ3) is 3.05. The summed E-state index contributed by atoms with van der Waals surface area (Å²) in [6.45, 7) is 1.49. The second-order valence-electron chi connectivity index (χ2n) is 6.82. The van der Waals surface area contributed by atoms with Gasteiger partial charge in [-0.15, -0.1) is 0 Å². The number of nitrogens with zero attached hydrogens (tertiary/aromatic N) is 4. The molecule has 146 valence electrons. The summed E-state index contributed by atoms with van der Waals surface area (Å²) in [7, 11) is 0. The van der Waals surface area contributed by atoms with E-state index >= 15 is 0 Å². The minimum Gasteiger partial charge on any atom is -0.368 e. The Balaban J connectivity index is 1.72. The fourth-order valence-corrected chi connectivity index (χ4v) is 3.86. The van der Waals surface area contributed by atoms with Crippen molar-refractivity contribution in [2.75, 3.05) is 0 Å². The second-order valence-corrected chi connectivity index (χ2v) is 7.22. The lowest BCUT2D eigenvalue weighted by molar-refractivity contribution is -0.118. The summed E-state index contributed by atoms with van der Waals surface area (Å²) in [6, 6.07) is 6.76.